The van der Waals surface area contributed by atoms with Crippen molar-refractivity contribution in [3.8, 4) is 0 Å². The summed E-state index contributed by atoms with van der Waals surface area (Å²) in [5, 5.41) is 3.47. The monoisotopic (exact) mass is 410 g/mol. The second-order valence-electron chi connectivity index (χ2n) is 6.57. The Balaban J connectivity index is 1.57. The van der Waals surface area contributed by atoms with Crippen LogP contribution in [0.3, 0.4) is 0 Å². The third-order valence-electron chi connectivity index (χ3n) is 4.55. The molecule has 1 heterocycles. The molecule has 0 aliphatic carbocycles. The van der Waals surface area contributed by atoms with Gasteiger partial charge in [0.15, 0.2) is 5.58 Å². The molecular weight excluding hydrogens is 395 g/mol. The molecule has 1 N–H and O–H groups in total. The number of nitrogens with zero attached hydrogens (tertiary/aromatic N) is 1. The summed E-state index contributed by atoms with van der Waals surface area (Å²) >= 11 is 5.87. The zero-order valence-corrected chi connectivity index (χ0v) is 15.9. The van der Waals surface area contributed by atoms with Crippen LogP contribution in [0.25, 0.3) is 11.1 Å². The van der Waals surface area contributed by atoms with E-state index in [4.69, 9.17) is 16.0 Å². The molecule has 4 aromatic rings. The predicted molar refractivity (Wildman–Crippen MR) is 109 cm³/mol. The summed E-state index contributed by atoms with van der Waals surface area (Å²) in [6.45, 7) is 0.559. The largest absolute Gasteiger partial charge is 0.420 e. The third-order valence-corrected chi connectivity index (χ3v) is 4.80. The van der Waals surface area contributed by atoms with Crippen LogP contribution in [0.5, 0.6) is 0 Å². The lowest BCUT2D eigenvalue weighted by molar-refractivity contribution is 0.0951. The van der Waals surface area contributed by atoms with E-state index in [1.54, 1.807) is 42.5 Å². The summed E-state index contributed by atoms with van der Waals surface area (Å²) in [6.07, 6.45) is 0. The van der Waals surface area contributed by atoms with Crippen molar-refractivity contribution in [3.63, 3.8) is 0 Å². The Morgan fingerprint density at radius 2 is 1.69 bits per heavy atom. The summed E-state index contributed by atoms with van der Waals surface area (Å²) in [6, 6.07) is 17.9. The van der Waals surface area contributed by atoms with Gasteiger partial charge in [-0.15, -0.1) is 0 Å². The van der Waals surface area contributed by atoms with Crippen LogP contribution in [-0.4, -0.2) is 10.5 Å². The number of oxazole rings is 1. The van der Waals surface area contributed by atoms with Gasteiger partial charge in [-0.05, 0) is 53.6 Å². The number of amides is 1. The molecule has 1 aromatic heterocycles. The first-order chi connectivity index (χ1) is 14.0. The number of hydrogen-bond acceptors (Lipinski definition) is 3. The van der Waals surface area contributed by atoms with Crippen molar-refractivity contribution < 1.29 is 13.6 Å². The van der Waals surface area contributed by atoms with E-state index in [0.717, 1.165) is 11.1 Å². The average Bonchev–Trinajstić information content (AvgIpc) is 3.03. The highest BCUT2D eigenvalue weighted by Gasteiger charge is 2.13. The van der Waals surface area contributed by atoms with Crippen molar-refractivity contribution in [1.29, 1.82) is 0 Å². The van der Waals surface area contributed by atoms with Crippen LogP contribution in [0.2, 0.25) is 5.02 Å². The van der Waals surface area contributed by atoms with Crippen LogP contribution < -0.4 is 11.1 Å². The second-order valence-corrected chi connectivity index (χ2v) is 7.01. The molecule has 4 rings (SSSR count). The average molecular weight is 411 g/mol. The smallest absolute Gasteiger partial charge is 0.408 e. The summed E-state index contributed by atoms with van der Waals surface area (Å²) in [4.78, 5) is 24.8. The molecule has 0 bridgehead atoms. The van der Waals surface area contributed by atoms with E-state index >= 15 is 0 Å². The summed E-state index contributed by atoms with van der Waals surface area (Å²) in [5.41, 5.74) is 2.94. The first kappa shape index (κ1) is 19.0. The molecule has 0 fully saturated rings. The Bertz CT molecular complexity index is 1230. The fourth-order valence-electron chi connectivity index (χ4n) is 3.01. The van der Waals surface area contributed by atoms with Gasteiger partial charge in [-0.2, -0.15) is 0 Å². The Kier molecular flexibility index (Phi) is 5.18. The molecule has 5 nitrogen and oxygen atoms in total. The number of carbonyl (C=O) groups excluding carboxylic acids is 1. The molecule has 1 amide bonds. The van der Waals surface area contributed by atoms with Gasteiger partial charge in [-0.3, -0.25) is 9.36 Å². The number of halogens is 2. The second kappa shape index (κ2) is 7.93. The summed E-state index contributed by atoms with van der Waals surface area (Å²) in [7, 11) is 0. The van der Waals surface area contributed by atoms with Crippen LogP contribution in [0.4, 0.5) is 4.39 Å². The Morgan fingerprint density at radius 3 is 2.41 bits per heavy atom. The Morgan fingerprint density at radius 1 is 1.00 bits per heavy atom. The zero-order valence-electron chi connectivity index (χ0n) is 15.2. The number of fused-ring (bicyclic) bond motifs is 1. The molecule has 0 saturated heterocycles. The topological polar surface area (TPSA) is 64.2 Å². The fraction of sp³-hybridized carbons (Fsp3) is 0.0909. The van der Waals surface area contributed by atoms with Crippen molar-refractivity contribution in [3.05, 3.63) is 105 Å². The molecule has 0 aliphatic heterocycles. The van der Waals surface area contributed by atoms with Gasteiger partial charge in [0.2, 0.25) is 0 Å². The van der Waals surface area contributed by atoms with Gasteiger partial charge >= 0.3 is 5.76 Å². The molecule has 29 heavy (non-hydrogen) atoms. The minimum atomic E-state index is -0.539. The van der Waals surface area contributed by atoms with E-state index in [9.17, 15) is 14.0 Å². The number of rotatable bonds is 5. The number of hydrogen-bond donors (Lipinski definition) is 1. The van der Waals surface area contributed by atoms with Gasteiger partial charge in [-0.1, -0.05) is 35.9 Å². The number of carbonyl (C=O) groups is 1. The fourth-order valence-corrected chi connectivity index (χ4v) is 3.14. The maximum absolute atomic E-state index is 13.1. The molecule has 0 aliphatic rings. The Hall–Kier alpha value is -3.38. The third kappa shape index (κ3) is 4.22. The van der Waals surface area contributed by atoms with Crippen LogP contribution in [0, 0.1) is 5.82 Å². The molecular formula is C22H16ClFN2O3. The quantitative estimate of drug-likeness (QED) is 0.531. The van der Waals surface area contributed by atoms with E-state index in [1.165, 1.54) is 16.7 Å². The van der Waals surface area contributed by atoms with Crippen molar-refractivity contribution >= 4 is 28.6 Å². The molecule has 3 aromatic carbocycles. The highest BCUT2D eigenvalue weighted by molar-refractivity contribution is 6.30. The molecule has 0 radical (unpaired) electrons. The molecule has 0 spiro atoms. The first-order valence-corrected chi connectivity index (χ1v) is 9.28. The van der Waals surface area contributed by atoms with Crippen LogP contribution in [0.1, 0.15) is 21.5 Å². The molecule has 0 atom stereocenters. The van der Waals surface area contributed by atoms with Crippen molar-refractivity contribution in [1.82, 2.24) is 9.88 Å². The standard InChI is InChI=1S/C22H16ClFN2O3/c23-17-6-1-14(2-7-17)12-25-21(27)16-5-10-20-19(11-16)26(22(28)29-20)13-15-3-8-18(24)9-4-15/h1-11H,12-13H2,(H,25,27). The highest BCUT2D eigenvalue weighted by Crippen LogP contribution is 2.17. The minimum Gasteiger partial charge on any atom is -0.408 e. The van der Waals surface area contributed by atoms with Gasteiger partial charge < -0.3 is 9.73 Å². The van der Waals surface area contributed by atoms with Gasteiger partial charge in [0.1, 0.15) is 5.82 Å². The lowest BCUT2D eigenvalue weighted by atomic mass is 10.1. The van der Waals surface area contributed by atoms with E-state index < -0.39 is 5.76 Å². The normalized spacial score (nSPS) is 11.0. The lowest BCUT2D eigenvalue weighted by Crippen LogP contribution is -2.22. The maximum atomic E-state index is 13.1. The predicted octanol–water partition coefficient (Wildman–Crippen LogP) is 4.37. The van der Waals surface area contributed by atoms with Crippen LogP contribution >= 0.6 is 11.6 Å². The van der Waals surface area contributed by atoms with E-state index in [2.05, 4.69) is 5.32 Å². The van der Waals surface area contributed by atoms with Gasteiger partial charge in [0, 0.05) is 17.1 Å². The SMILES string of the molecule is O=C(NCc1ccc(Cl)cc1)c1ccc2oc(=O)n(Cc3ccc(F)cc3)c2c1. The maximum Gasteiger partial charge on any atom is 0.420 e. The molecule has 146 valence electrons. The van der Waals surface area contributed by atoms with Crippen molar-refractivity contribution in [2.75, 3.05) is 0 Å². The van der Waals surface area contributed by atoms with Gasteiger partial charge in [0.25, 0.3) is 5.91 Å². The molecule has 0 unspecified atom stereocenters. The van der Waals surface area contributed by atoms with E-state index in [-0.39, 0.29) is 18.3 Å². The highest BCUT2D eigenvalue weighted by atomic mass is 35.5. The zero-order chi connectivity index (χ0) is 20.4. The van der Waals surface area contributed by atoms with Gasteiger partial charge in [0.05, 0.1) is 12.1 Å². The number of benzene rings is 3. The van der Waals surface area contributed by atoms with Crippen LogP contribution in [-0.2, 0) is 13.1 Å². The van der Waals surface area contributed by atoms with Gasteiger partial charge in [-0.25, -0.2) is 9.18 Å². The van der Waals surface area contributed by atoms with Crippen molar-refractivity contribution in [2.45, 2.75) is 13.1 Å². The number of aromatic nitrogens is 1. The van der Waals surface area contributed by atoms with E-state index in [1.807, 2.05) is 12.1 Å². The van der Waals surface area contributed by atoms with Crippen molar-refractivity contribution in [2.24, 2.45) is 0 Å². The lowest BCUT2D eigenvalue weighted by Gasteiger charge is -2.07. The molecule has 0 saturated carbocycles. The number of nitrogens with one attached hydrogen (secondary N) is 1. The van der Waals surface area contributed by atoms with Crippen LogP contribution in [0.15, 0.2) is 75.9 Å². The summed E-state index contributed by atoms with van der Waals surface area (Å²) < 4.78 is 19.8. The first-order valence-electron chi connectivity index (χ1n) is 8.90. The molecule has 7 heteroatoms. The Labute approximate surface area is 170 Å². The minimum absolute atomic E-state index is 0.210. The summed E-state index contributed by atoms with van der Waals surface area (Å²) in [5.74, 6) is -1.16. The van der Waals surface area contributed by atoms with E-state index in [0.29, 0.717) is 28.2 Å².